The largest absolute Gasteiger partial charge is 0.454 e. The minimum Gasteiger partial charge on any atom is -0.454 e. The van der Waals surface area contributed by atoms with Crippen LogP contribution >= 0.6 is 0 Å². The zero-order valence-corrected chi connectivity index (χ0v) is 24.4. The van der Waals surface area contributed by atoms with Gasteiger partial charge in [0.1, 0.15) is 0 Å². The Labute approximate surface area is 244 Å². The average molecular weight is 568 g/mol. The second kappa shape index (κ2) is 11.2. The zero-order chi connectivity index (χ0) is 29.4. The van der Waals surface area contributed by atoms with Gasteiger partial charge < -0.3 is 14.8 Å². The van der Waals surface area contributed by atoms with Gasteiger partial charge in [-0.05, 0) is 65.3 Å². The zero-order valence-electron chi connectivity index (χ0n) is 24.4. The van der Waals surface area contributed by atoms with Gasteiger partial charge in [0.15, 0.2) is 11.5 Å². The fraction of sp³-hybridized carbons (Fsp3) is 0.382. The van der Waals surface area contributed by atoms with Crippen molar-refractivity contribution in [2.45, 2.75) is 77.4 Å². The Morgan fingerprint density at radius 2 is 1.52 bits per heavy atom. The third-order valence-electron chi connectivity index (χ3n) is 8.37. The first-order chi connectivity index (χ1) is 20.2. The summed E-state index contributed by atoms with van der Waals surface area (Å²) in [7, 11) is 0. The summed E-state index contributed by atoms with van der Waals surface area (Å²) < 4.78 is 13.8. The van der Waals surface area contributed by atoms with Crippen molar-refractivity contribution < 1.29 is 14.3 Å². The number of carbonyl (C=O) groups is 1. The van der Waals surface area contributed by atoms with Gasteiger partial charge in [-0.2, -0.15) is 0 Å². The van der Waals surface area contributed by atoms with Crippen molar-refractivity contribution in [1.29, 1.82) is 0 Å². The van der Waals surface area contributed by atoms with Crippen molar-refractivity contribution in [3.63, 3.8) is 0 Å². The van der Waals surface area contributed by atoms with Gasteiger partial charge in [0.25, 0.3) is 11.5 Å². The smallest absolute Gasteiger partial charge is 0.332 e. The Morgan fingerprint density at radius 3 is 2.26 bits per heavy atom. The van der Waals surface area contributed by atoms with Crippen LogP contribution in [0.15, 0.2) is 70.3 Å². The van der Waals surface area contributed by atoms with Gasteiger partial charge in [-0.3, -0.25) is 18.7 Å². The fourth-order valence-electron chi connectivity index (χ4n) is 5.88. The molecule has 1 N–H and O–H groups in total. The Hall–Kier alpha value is -4.33. The van der Waals surface area contributed by atoms with Gasteiger partial charge >= 0.3 is 5.69 Å². The summed E-state index contributed by atoms with van der Waals surface area (Å²) in [6.45, 7) is 6.96. The van der Waals surface area contributed by atoms with Crippen LogP contribution in [0.2, 0.25) is 0 Å². The third-order valence-corrected chi connectivity index (χ3v) is 8.37. The van der Waals surface area contributed by atoms with Crippen LogP contribution in [-0.4, -0.2) is 27.9 Å². The van der Waals surface area contributed by atoms with E-state index in [4.69, 9.17) is 9.47 Å². The van der Waals surface area contributed by atoms with Crippen molar-refractivity contribution in [1.82, 2.24) is 14.5 Å². The van der Waals surface area contributed by atoms with Crippen LogP contribution in [-0.2, 0) is 18.5 Å². The van der Waals surface area contributed by atoms with Gasteiger partial charge in [-0.1, -0.05) is 70.4 Å². The molecular weight excluding hydrogens is 530 g/mol. The molecule has 0 bridgehead atoms. The summed E-state index contributed by atoms with van der Waals surface area (Å²) in [4.78, 5) is 41.0. The van der Waals surface area contributed by atoms with Crippen molar-refractivity contribution in [2.24, 2.45) is 0 Å². The van der Waals surface area contributed by atoms with Crippen LogP contribution in [0.25, 0.3) is 10.9 Å². The number of aromatic nitrogens is 2. The first-order valence-corrected chi connectivity index (χ1v) is 14.7. The van der Waals surface area contributed by atoms with Gasteiger partial charge in [-0.25, -0.2) is 4.79 Å². The lowest BCUT2D eigenvalue weighted by Gasteiger charge is -2.23. The van der Waals surface area contributed by atoms with E-state index >= 15 is 0 Å². The van der Waals surface area contributed by atoms with E-state index in [2.05, 4.69) is 38.2 Å². The summed E-state index contributed by atoms with van der Waals surface area (Å²) in [5.41, 5.74) is 2.93. The molecule has 2 aliphatic rings. The number of carbonyl (C=O) groups excluding carboxylic acids is 1. The van der Waals surface area contributed by atoms with Crippen LogP contribution in [0, 0.1) is 0 Å². The molecule has 1 aliphatic carbocycles. The molecular formula is C34H37N3O5. The van der Waals surface area contributed by atoms with Crippen molar-refractivity contribution in [3.05, 3.63) is 104 Å². The standard InChI is InChI=1S/C34H37N3O5/c1-34(2,3)25-13-9-22(10-14-25)19-36-28-18-24(31(38)35-26-7-5-4-6-8-26)12-15-27(28)32(39)37(33(36)40)20-23-11-16-29-30(17-23)42-21-41-29/h9-18,26H,4-8,19-21H2,1-3H3,(H,35,38). The number of benzene rings is 3. The van der Waals surface area contributed by atoms with Crippen LogP contribution in [0.4, 0.5) is 0 Å². The number of hydrogen-bond acceptors (Lipinski definition) is 5. The number of fused-ring (bicyclic) bond motifs is 2. The molecule has 4 aromatic rings. The second-order valence-corrected chi connectivity index (χ2v) is 12.4. The first-order valence-electron chi connectivity index (χ1n) is 14.7. The average Bonchev–Trinajstić information content (AvgIpc) is 3.45. The highest BCUT2D eigenvalue weighted by molar-refractivity contribution is 5.98. The Kier molecular flexibility index (Phi) is 7.39. The normalized spacial score (nSPS) is 15.2. The van der Waals surface area contributed by atoms with Gasteiger partial charge in [0.05, 0.1) is 24.0 Å². The summed E-state index contributed by atoms with van der Waals surface area (Å²) in [6, 6.07) is 18.8. The second-order valence-electron chi connectivity index (χ2n) is 12.4. The molecule has 8 heteroatoms. The number of rotatable bonds is 6. The molecule has 3 aromatic carbocycles. The molecule has 0 unspecified atom stereocenters. The maximum absolute atomic E-state index is 14.0. The summed E-state index contributed by atoms with van der Waals surface area (Å²) in [5.74, 6) is 1.05. The highest BCUT2D eigenvalue weighted by Crippen LogP contribution is 2.32. The van der Waals surface area contributed by atoms with E-state index in [1.165, 1.54) is 16.6 Å². The molecule has 6 rings (SSSR count). The number of nitrogens with one attached hydrogen (secondary N) is 1. The number of nitrogens with zero attached hydrogens (tertiary/aromatic N) is 2. The lowest BCUT2D eigenvalue weighted by atomic mass is 9.87. The molecule has 1 aromatic heterocycles. The minimum absolute atomic E-state index is 0.000498. The Morgan fingerprint density at radius 1 is 0.833 bits per heavy atom. The summed E-state index contributed by atoms with van der Waals surface area (Å²) >= 11 is 0. The molecule has 218 valence electrons. The predicted molar refractivity (Wildman–Crippen MR) is 163 cm³/mol. The van der Waals surface area contributed by atoms with Gasteiger partial charge in [0.2, 0.25) is 6.79 Å². The monoisotopic (exact) mass is 567 g/mol. The van der Waals surface area contributed by atoms with Crippen LogP contribution in [0.3, 0.4) is 0 Å². The summed E-state index contributed by atoms with van der Waals surface area (Å²) in [6.07, 6.45) is 5.36. The molecule has 1 aliphatic heterocycles. The Bertz CT molecular complexity index is 1760. The molecule has 0 spiro atoms. The molecule has 1 saturated carbocycles. The highest BCUT2D eigenvalue weighted by Gasteiger charge is 2.21. The predicted octanol–water partition coefficient (Wildman–Crippen LogP) is 5.35. The van der Waals surface area contributed by atoms with E-state index < -0.39 is 11.2 Å². The summed E-state index contributed by atoms with van der Waals surface area (Å²) in [5, 5.41) is 3.54. The third kappa shape index (κ3) is 5.58. The van der Waals surface area contributed by atoms with E-state index in [1.54, 1.807) is 34.9 Å². The number of amides is 1. The minimum atomic E-state index is -0.435. The SMILES string of the molecule is CC(C)(C)c1ccc(Cn2c(=O)n(Cc3ccc4c(c3)OCO4)c(=O)c3ccc(C(=O)NC4CCCCC4)cc32)cc1. The van der Waals surface area contributed by atoms with Crippen molar-refractivity contribution in [3.8, 4) is 11.5 Å². The van der Waals surface area contributed by atoms with E-state index in [0.29, 0.717) is 28.0 Å². The van der Waals surface area contributed by atoms with Crippen molar-refractivity contribution >= 4 is 16.8 Å². The topological polar surface area (TPSA) is 91.6 Å². The lowest BCUT2D eigenvalue weighted by molar-refractivity contribution is 0.0928. The number of ether oxygens (including phenoxy) is 2. The molecule has 8 nitrogen and oxygen atoms in total. The molecule has 1 amide bonds. The molecule has 0 saturated heterocycles. The quantitative estimate of drug-likeness (QED) is 0.339. The highest BCUT2D eigenvalue weighted by atomic mass is 16.7. The molecule has 42 heavy (non-hydrogen) atoms. The fourth-order valence-corrected chi connectivity index (χ4v) is 5.88. The van der Waals surface area contributed by atoms with E-state index in [1.807, 2.05) is 18.2 Å². The molecule has 0 atom stereocenters. The van der Waals surface area contributed by atoms with Crippen molar-refractivity contribution in [2.75, 3.05) is 6.79 Å². The van der Waals surface area contributed by atoms with E-state index in [-0.39, 0.29) is 37.2 Å². The van der Waals surface area contributed by atoms with Crippen LogP contribution in [0.1, 0.15) is 79.9 Å². The maximum atomic E-state index is 14.0. The van der Waals surface area contributed by atoms with Crippen LogP contribution in [0.5, 0.6) is 11.5 Å². The Balaban J connectivity index is 1.42. The maximum Gasteiger partial charge on any atom is 0.332 e. The molecule has 2 heterocycles. The first kappa shape index (κ1) is 27.8. The van der Waals surface area contributed by atoms with E-state index in [0.717, 1.165) is 36.8 Å². The molecule has 0 radical (unpaired) electrons. The van der Waals surface area contributed by atoms with Gasteiger partial charge in [-0.15, -0.1) is 0 Å². The van der Waals surface area contributed by atoms with Crippen LogP contribution < -0.4 is 26.0 Å². The van der Waals surface area contributed by atoms with E-state index in [9.17, 15) is 14.4 Å². The molecule has 1 fully saturated rings. The van der Waals surface area contributed by atoms with Gasteiger partial charge in [0, 0.05) is 11.6 Å². The number of hydrogen-bond donors (Lipinski definition) is 1. The lowest BCUT2D eigenvalue weighted by Crippen LogP contribution is -2.41.